The second-order valence-electron chi connectivity index (χ2n) is 6.62. The minimum absolute atomic E-state index is 0. The molecule has 0 aromatic heterocycles. The Labute approximate surface area is 180 Å². The number of amides is 1. The van der Waals surface area contributed by atoms with Crippen LogP contribution in [-0.2, 0) is 4.79 Å². The van der Waals surface area contributed by atoms with Crippen molar-refractivity contribution in [3.05, 3.63) is 29.8 Å². The van der Waals surface area contributed by atoms with Gasteiger partial charge in [-0.05, 0) is 31.6 Å². The summed E-state index contributed by atoms with van der Waals surface area (Å²) in [6.45, 7) is 0.463. The number of nitrogens with zero attached hydrogens (tertiary/aromatic N) is 2. The molecule has 0 bridgehead atoms. The van der Waals surface area contributed by atoms with E-state index in [1.54, 1.807) is 7.05 Å². The Bertz CT molecular complexity index is 669. The summed E-state index contributed by atoms with van der Waals surface area (Å²) < 4.78 is 36.9. The predicted molar refractivity (Wildman–Crippen MR) is 115 cm³/mol. The maximum absolute atomic E-state index is 12.3. The molecule has 0 radical (unpaired) electrons. The van der Waals surface area contributed by atoms with E-state index in [0.717, 1.165) is 11.3 Å². The average molecular weight is 513 g/mol. The molecule has 1 aliphatic heterocycles. The van der Waals surface area contributed by atoms with Gasteiger partial charge in [-0.1, -0.05) is 18.2 Å². The van der Waals surface area contributed by atoms with Crippen molar-refractivity contribution in [1.82, 2.24) is 15.5 Å². The molecule has 1 heterocycles. The lowest BCUT2D eigenvalue weighted by Crippen LogP contribution is -2.41. The second-order valence-corrected chi connectivity index (χ2v) is 6.62. The van der Waals surface area contributed by atoms with E-state index in [2.05, 4.69) is 20.9 Å². The first kappa shape index (κ1) is 24.5. The van der Waals surface area contributed by atoms with Crippen LogP contribution in [0.3, 0.4) is 0 Å². The lowest BCUT2D eigenvalue weighted by molar-refractivity contribution is -0.143. The Kier molecular flexibility index (Phi) is 10.0. The first-order valence-corrected chi connectivity index (χ1v) is 8.87. The number of carbonyl (C=O) groups excluding carboxylic acids is 1. The summed E-state index contributed by atoms with van der Waals surface area (Å²) in [6.07, 6.45) is -3.23. The van der Waals surface area contributed by atoms with Crippen molar-refractivity contribution in [2.45, 2.75) is 24.9 Å². The maximum atomic E-state index is 12.3. The molecule has 0 saturated carbocycles. The van der Waals surface area contributed by atoms with E-state index in [4.69, 9.17) is 0 Å². The maximum Gasteiger partial charge on any atom is 0.401 e. The van der Waals surface area contributed by atoms with E-state index < -0.39 is 12.7 Å². The third-order valence-electron chi connectivity index (χ3n) is 4.30. The highest BCUT2D eigenvalue weighted by Crippen LogP contribution is 2.31. The van der Waals surface area contributed by atoms with Crippen molar-refractivity contribution in [2.24, 2.45) is 4.99 Å². The van der Waals surface area contributed by atoms with Crippen molar-refractivity contribution in [2.75, 3.05) is 45.6 Å². The molecule has 3 N–H and O–H groups in total. The minimum Gasteiger partial charge on any atom is -0.356 e. The smallest absolute Gasteiger partial charge is 0.356 e. The molecule has 1 atom stereocenters. The van der Waals surface area contributed by atoms with E-state index in [0.29, 0.717) is 38.4 Å². The first-order chi connectivity index (χ1) is 12.8. The van der Waals surface area contributed by atoms with Crippen LogP contribution in [0.5, 0.6) is 0 Å². The average Bonchev–Trinajstić information content (AvgIpc) is 2.59. The summed E-state index contributed by atoms with van der Waals surface area (Å²) in [7, 11) is 3.08. The number of hydrogen-bond donors (Lipinski definition) is 3. The van der Waals surface area contributed by atoms with Crippen LogP contribution >= 0.6 is 24.0 Å². The molecule has 0 saturated heterocycles. The number of hydrogen-bond acceptors (Lipinski definition) is 3. The Morgan fingerprint density at radius 2 is 2.04 bits per heavy atom. The fourth-order valence-electron chi connectivity index (χ4n) is 3.07. The highest BCUT2D eigenvalue weighted by Gasteiger charge is 2.28. The molecule has 0 spiro atoms. The van der Waals surface area contributed by atoms with Crippen LogP contribution in [0.4, 0.5) is 18.9 Å². The number of carbonyl (C=O) groups is 1. The molecule has 0 aliphatic carbocycles. The summed E-state index contributed by atoms with van der Waals surface area (Å²) in [5, 5.41) is 9.15. The zero-order valence-electron chi connectivity index (χ0n) is 16.0. The molecule has 1 aliphatic rings. The quantitative estimate of drug-likeness (QED) is 0.227. The van der Waals surface area contributed by atoms with Crippen LogP contribution in [0.25, 0.3) is 0 Å². The predicted octanol–water partition coefficient (Wildman–Crippen LogP) is 2.78. The summed E-state index contributed by atoms with van der Waals surface area (Å²) in [5.74, 6) is 0.583. The van der Waals surface area contributed by atoms with Crippen molar-refractivity contribution in [3.8, 4) is 0 Å². The van der Waals surface area contributed by atoms with Crippen molar-refractivity contribution in [3.63, 3.8) is 0 Å². The van der Waals surface area contributed by atoms with Gasteiger partial charge < -0.3 is 16.0 Å². The number of aliphatic imine (C=N–C) groups is 1. The normalized spacial score (nSPS) is 16.9. The number of nitrogens with one attached hydrogen (secondary N) is 3. The number of fused-ring (bicyclic) bond motifs is 1. The van der Waals surface area contributed by atoms with Crippen LogP contribution in [0.15, 0.2) is 29.3 Å². The van der Waals surface area contributed by atoms with Gasteiger partial charge in [0.2, 0.25) is 5.91 Å². The van der Waals surface area contributed by atoms with Gasteiger partial charge in [0.15, 0.2) is 5.96 Å². The monoisotopic (exact) mass is 513 g/mol. The molecule has 10 heteroatoms. The molecular weight excluding hydrogens is 486 g/mol. The molecule has 1 amide bonds. The second kappa shape index (κ2) is 11.4. The zero-order valence-corrected chi connectivity index (χ0v) is 18.3. The van der Waals surface area contributed by atoms with Gasteiger partial charge in [0, 0.05) is 38.2 Å². The molecule has 0 fully saturated rings. The van der Waals surface area contributed by atoms with E-state index in [-0.39, 0.29) is 35.8 Å². The molecule has 6 nitrogen and oxygen atoms in total. The summed E-state index contributed by atoms with van der Waals surface area (Å²) in [6, 6.07) is 7.69. The van der Waals surface area contributed by atoms with Gasteiger partial charge in [0.1, 0.15) is 0 Å². The van der Waals surface area contributed by atoms with E-state index in [1.807, 2.05) is 24.3 Å². The standard InChI is InChI=1S/C18H26F3N5O.HI/c1-22-17(23-8-5-9-26(2)12-18(19,20)21)24-11-13-10-16(27)25-15-7-4-3-6-14(13)15;/h3-4,6-7,13H,5,8-12H2,1-2H3,(H,25,27)(H2,22,23,24);1H. The van der Waals surface area contributed by atoms with E-state index in [1.165, 1.54) is 11.9 Å². The molecule has 1 aromatic carbocycles. The molecule has 1 aromatic rings. The Balaban J connectivity index is 0.00000392. The molecule has 2 rings (SSSR count). The number of guanidine groups is 1. The molecule has 28 heavy (non-hydrogen) atoms. The highest BCUT2D eigenvalue weighted by atomic mass is 127. The van der Waals surface area contributed by atoms with Gasteiger partial charge in [-0.25, -0.2) is 0 Å². The number of anilines is 1. The number of benzene rings is 1. The third-order valence-corrected chi connectivity index (χ3v) is 4.30. The van der Waals surface area contributed by atoms with Crippen LogP contribution in [0.1, 0.15) is 24.3 Å². The van der Waals surface area contributed by atoms with Crippen LogP contribution < -0.4 is 16.0 Å². The van der Waals surface area contributed by atoms with Gasteiger partial charge >= 0.3 is 6.18 Å². The zero-order chi connectivity index (χ0) is 19.9. The summed E-state index contributed by atoms with van der Waals surface area (Å²) in [5.41, 5.74) is 1.91. The van der Waals surface area contributed by atoms with E-state index in [9.17, 15) is 18.0 Å². The van der Waals surface area contributed by atoms with Crippen molar-refractivity contribution < 1.29 is 18.0 Å². The lowest BCUT2D eigenvalue weighted by atomic mass is 9.90. The van der Waals surface area contributed by atoms with Crippen LogP contribution in [0, 0.1) is 0 Å². The Morgan fingerprint density at radius 3 is 2.71 bits per heavy atom. The van der Waals surface area contributed by atoms with Crippen molar-refractivity contribution >= 4 is 41.5 Å². The summed E-state index contributed by atoms with van der Waals surface area (Å²) in [4.78, 5) is 17.2. The van der Waals surface area contributed by atoms with Gasteiger partial charge in [0.25, 0.3) is 0 Å². The number of halogens is 4. The van der Waals surface area contributed by atoms with Gasteiger partial charge in [-0.15, -0.1) is 24.0 Å². The largest absolute Gasteiger partial charge is 0.401 e. The van der Waals surface area contributed by atoms with Crippen LogP contribution in [-0.4, -0.2) is 63.2 Å². The lowest BCUT2D eigenvalue weighted by Gasteiger charge is -2.26. The molecule has 158 valence electrons. The van der Waals surface area contributed by atoms with E-state index >= 15 is 0 Å². The van der Waals surface area contributed by atoms with Gasteiger partial charge in [-0.2, -0.15) is 13.2 Å². The van der Waals surface area contributed by atoms with Gasteiger partial charge in [-0.3, -0.25) is 14.7 Å². The highest BCUT2D eigenvalue weighted by molar-refractivity contribution is 14.0. The Hall–Kier alpha value is -1.56. The number of para-hydroxylation sites is 1. The topological polar surface area (TPSA) is 68.8 Å². The Morgan fingerprint density at radius 1 is 1.32 bits per heavy atom. The fraction of sp³-hybridized carbons (Fsp3) is 0.556. The molecular formula is C18H27F3IN5O. The third kappa shape index (κ3) is 8.21. The minimum atomic E-state index is -4.18. The van der Waals surface area contributed by atoms with Crippen molar-refractivity contribution in [1.29, 1.82) is 0 Å². The SMILES string of the molecule is CN=C(NCCCN(C)CC(F)(F)F)NCC1CC(=O)Nc2ccccc21.I. The van der Waals surface area contributed by atoms with Gasteiger partial charge in [0.05, 0.1) is 6.54 Å². The molecule has 1 unspecified atom stereocenters. The summed E-state index contributed by atoms with van der Waals surface area (Å²) >= 11 is 0. The first-order valence-electron chi connectivity index (χ1n) is 8.87. The number of alkyl halides is 3. The number of rotatable bonds is 7. The van der Waals surface area contributed by atoms with Crippen LogP contribution in [0.2, 0.25) is 0 Å². The fourth-order valence-corrected chi connectivity index (χ4v) is 3.07.